The average Bonchev–Trinajstić information content (AvgIpc) is 2.88. The lowest BCUT2D eigenvalue weighted by atomic mass is 10.0. The summed E-state index contributed by atoms with van der Waals surface area (Å²) < 4.78 is 2.20. The molecule has 6 nitrogen and oxygen atoms in total. The standard InChI is InChI=1S/C13H20N4O2S/c14-13(11(18)19)6-5-9(8-13)20-12-16-15-10-4-2-1-3-7-17(10)12/h9H,1-8,14H2,(H,18,19). The molecule has 0 spiro atoms. The minimum absolute atomic E-state index is 0.229. The molecule has 1 aromatic rings. The highest BCUT2D eigenvalue weighted by atomic mass is 32.2. The molecule has 1 aliphatic carbocycles. The first kappa shape index (κ1) is 13.9. The molecule has 1 saturated carbocycles. The lowest BCUT2D eigenvalue weighted by Crippen LogP contribution is -2.45. The lowest BCUT2D eigenvalue weighted by molar-refractivity contribution is -0.143. The fourth-order valence-corrected chi connectivity index (χ4v) is 4.34. The Kier molecular flexibility index (Phi) is 3.72. The van der Waals surface area contributed by atoms with Crippen LogP contribution in [0, 0.1) is 0 Å². The second kappa shape index (κ2) is 5.37. The van der Waals surface area contributed by atoms with E-state index in [0.29, 0.717) is 12.8 Å². The van der Waals surface area contributed by atoms with E-state index in [1.165, 1.54) is 19.3 Å². The molecule has 2 heterocycles. The Morgan fingerprint density at radius 1 is 1.40 bits per heavy atom. The summed E-state index contributed by atoms with van der Waals surface area (Å²) in [6.45, 7) is 0.976. The maximum Gasteiger partial charge on any atom is 0.323 e. The smallest absolute Gasteiger partial charge is 0.323 e. The van der Waals surface area contributed by atoms with E-state index in [0.717, 1.165) is 30.4 Å². The van der Waals surface area contributed by atoms with Gasteiger partial charge >= 0.3 is 5.97 Å². The largest absolute Gasteiger partial charge is 0.480 e. The Morgan fingerprint density at radius 2 is 2.25 bits per heavy atom. The van der Waals surface area contributed by atoms with E-state index >= 15 is 0 Å². The summed E-state index contributed by atoms with van der Waals surface area (Å²) >= 11 is 1.65. The minimum atomic E-state index is -1.06. The molecule has 2 aliphatic rings. The van der Waals surface area contributed by atoms with Gasteiger partial charge in [0.15, 0.2) is 5.16 Å². The normalized spacial score (nSPS) is 29.9. The van der Waals surface area contributed by atoms with Gasteiger partial charge in [-0.25, -0.2) is 0 Å². The molecule has 3 N–H and O–H groups in total. The number of aromatic nitrogens is 3. The molecule has 2 unspecified atom stereocenters. The Bertz CT molecular complexity index is 518. The zero-order chi connectivity index (χ0) is 14.2. The molecule has 0 bridgehead atoms. The predicted molar refractivity (Wildman–Crippen MR) is 75.6 cm³/mol. The van der Waals surface area contributed by atoms with Gasteiger partial charge in [-0.15, -0.1) is 10.2 Å². The van der Waals surface area contributed by atoms with E-state index in [1.807, 2.05) is 0 Å². The first-order chi connectivity index (χ1) is 9.58. The Hall–Kier alpha value is -1.08. The molecule has 2 atom stereocenters. The number of aliphatic carboxylic acids is 1. The number of hydrogen-bond donors (Lipinski definition) is 2. The molecule has 7 heteroatoms. The highest BCUT2D eigenvalue weighted by Crippen LogP contribution is 2.39. The van der Waals surface area contributed by atoms with Gasteiger partial charge in [-0.1, -0.05) is 18.2 Å². The molecule has 0 radical (unpaired) electrons. The number of carbonyl (C=O) groups is 1. The number of nitrogens with two attached hydrogens (primary N) is 1. The maximum absolute atomic E-state index is 11.2. The first-order valence-electron chi connectivity index (χ1n) is 7.19. The maximum atomic E-state index is 11.2. The van der Waals surface area contributed by atoms with Crippen LogP contribution in [-0.4, -0.2) is 36.6 Å². The summed E-state index contributed by atoms with van der Waals surface area (Å²) in [4.78, 5) is 11.2. The van der Waals surface area contributed by atoms with Gasteiger partial charge in [0.1, 0.15) is 11.4 Å². The van der Waals surface area contributed by atoms with Crippen LogP contribution in [0.1, 0.15) is 44.3 Å². The third-order valence-electron chi connectivity index (χ3n) is 4.28. The van der Waals surface area contributed by atoms with Gasteiger partial charge in [-0.3, -0.25) is 4.79 Å². The number of carboxylic acids is 1. The van der Waals surface area contributed by atoms with E-state index < -0.39 is 11.5 Å². The highest BCUT2D eigenvalue weighted by Gasteiger charge is 2.42. The second-order valence-electron chi connectivity index (χ2n) is 5.81. The summed E-state index contributed by atoms with van der Waals surface area (Å²) in [5, 5.41) is 18.9. The van der Waals surface area contributed by atoms with Crippen molar-refractivity contribution in [2.45, 2.75) is 67.4 Å². The third kappa shape index (κ3) is 2.56. The molecule has 0 saturated heterocycles. The van der Waals surface area contributed by atoms with Gasteiger partial charge in [-0.05, 0) is 32.1 Å². The predicted octanol–water partition coefficient (Wildman–Crippen LogP) is 1.43. The molecular weight excluding hydrogens is 276 g/mol. The van der Waals surface area contributed by atoms with Gasteiger partial charge in [-0.2, -0.15) is 0 Å². The van der Waals surface area contributed by atoms with Gasteiger partial charge in [0.2, 0.25) is 0 Å². The summed E-state index contributed by atoms with van der Waals surface area (Å²) in [6, 6.07) is 0. The molecule has 1 aliphatic heterocycles. The topological polar surface area (TPSA) is 94.0 Å². The van der Waals surface area contributed by atoms with E-state index in [1.54, 1.807) is 11.8 Å². The van der Waals surface area contributed by atoms with Crippen LogP contribution in [0.25, 0.3) is 0 Å². The minimum Gasteiger partial charge on any atom is -0.480 e. The molecule has 1 aromatic heterocycles. The average molecular weight is 296 g/mol. The van der Waals surface area contributed by atoms with Crippen molar-refractivity contribution in [3.8, 4) is 0 Å². The molecular formula is C13H20N4O2S. The number of hydrogen-bond acceptors (Lipinski definition) is 5. The molecule has 1 fully saturated rings. The van der Waals surface area contributed by atoms with Gasteiger partial charge < -0.3 is 15.4 Å². The van der Waals surface area contributed by atoms with Gasteiger partial charge in [0.25, 0.3) is 0 Å². The molecule has 110 valence electrons. The van der Waals surface area contributed by atoms with Crippen LogP contribution in [0.2, 0.25) is 0 Å². The van der Waals surface area contributed by atoms with Crippen molar-refractivity contribution >= 4 is 17.7 Å². The van der Waals surface area contributed by atoms with Gasteiger partial charge in [0.05, 0.1) is 0 Å². The van der Waals surface area contributed by atoms with Crippen molar-refractivity contribution < 1.29 is 9.90 Å². The number of rotatable bonds is 3. The third-order valence-corrected chi connectivity index (χ3v) is 5.53. The number of aryl methyl sites for hydroxylation is 1. The summed E-state index contributed by atoms with van der Waals surface area (Å²) in [6.07, 6.45) is 6.46. The molecule has 20 heavy (non-hydrogen) atoms. The van der Waals surface area contributed by atoms with Crippen LogP contribution in [0.3, 0.4) is 0 Å². The highest BCUT2D eigenvalue weighted by molar-refractivity contribution is 7.99. The summed E-state index contributed by atoms with van der Waals surface area (Å²) in [7, 11) is 0. The monoisotopic (exact) mass is 296 g/mol. The fraction of sp³-hybridized carbons (Fsp3) is 0.769. The number of nitrogens with zero attached hydrogens (tertiary/aromatic N) is 3. The van der Waals surface area contributed by atoms with Crippen molar-refractivity contribution in [3.05, 3.63) is 5.82 Å². The first-order valence-corrected chi connectivity index (χ1v) is 8.07. The SMILES string of the molecule is NC1(C(=O)O)CCC(Sc2nnc3n2CCCCC3)C1. The van der Waals surface area contributed by atoms with Crippen molar-refractivity contribution in [2.24, 2.45) is 5.73 Å². The van der Waals surface area contributed by atoms with Crippen LogP contribution in [0.5, 0.6) is 0 Å². The Balaban J connectivity index is 1.70. The van der Waals surface area contributed by atoms with Crippen LogP contribution in [0.15, 0.2) is 5.16 Å². The van der Waals surface area contributed by atoms with Crippen molar-refractivity contribution in [1.29, 1.82) is 0 Å². The van der Waals surface area contributed by atoms with Crippen LogP contribution in [-0.2, 0) is 17.8 Å². The second-order valence-corrected chi connectivity index (χ2v) is 7.07. The van der Waals surface area contributed by atoms with Gasteiger partial charge in [0, 0.05) is 18.2 Å². The van der Waals surface area contributed by atoms with Crippen molar-refractivity contribution in [3.63, 3.8) is 0 Å². The van der Waals surface area contributed by atoms with Crippen LogP contribution in [0.4, 0.5) is 0 Å². The summed E-state index contributed by atoms with van der Waals surface area (Å²) in [5.41, 5.74) is 4.87. The van der Waals surface area contributed by atoms with E-state index in [4.69, 9.17) is 5.73 Å². The number of fused-ring (bicyclic) bond motifs is 1. The molecule has 0 aromatic carbocycles. The quantitative estimate of drug-likeness (QED) is 0.876. The van der Waals surface area contributed by atoms with E-state index in [2.05, 4.69) is 14.8 Å². The lowest BCUT2D eigenvalue weighted by Gasteiger charge is -2.17. The zero-order valence-corrected chi connectivity index (χ0v) is 12.2. The number of carboxylic acid groups (broad SMARTS) is 1. The molecule has 3 rings (SSSR count). The van der Waals surface area contributed by atoms with Crippen molar-refractivity contribution in [2.75, 3.05) is 0 Å². The molecule has 0 amide bonds. The van der Waals surface area contributed by atoms with Crippen LogP contribution >= 0.6 is 11.8 Å². The van der Waals surface area contributed by atoms with E-state index in [9.17, 15) is 9.90 Å². The van der Waals surface area contributed by atoms with E-state index in [-0.39, 0.29) is 5.25 Å². The van der Waals surface area contributed by atoms with Crippen molar-refractivity contribution in [1.82, 2.24) is 14.8 Å². The zero-order valence-electron chi connectivity index (χ0n) is 11.4. The summed E-state index contributed by atoms with van der Waals surface area (Å²) in [5.74, 6) is 0.181. The number of thioether (sulfide) groups is 1. The Morgan fingerprint density at radius 3 is 3.00 bits per heavy atom. The fourth-order valence-electron chi connectivity index (χ4n) is 3.02. The Labute approximate surface area is 122 Å². The van der Waals surface area contributed by atoms with Crippen LogP contribution < -0.4 is 5.73 Å².